The molecule has 35 heavy (non-hydrogen) atoms. The van der Waals surface area contributed by atoms with Gasteiger partial charge in [-0.3, -0.25) is 9.59 Å². The Morgan fingerprint density at radius 3 is 2.46 bits per heavy atom. The summed E-state index contributed by atoms with van der Waals surface area (Å²) in [6, 6.07) is 14.2. The second-order valence-electron chi connectivity index (χ2n) is 8.07. The van der Waals surface area contributed by atoms with E-state index in [9.17, 15) is 18.0 Å². The molecule has 0 N–H and O–H groups in total. The van der Waals surface area contributed by atoms with Crippen molar-refractivity contribution in [2.45, 2.75) is 44.0 Å². The molecule has 1 aliphatic rings. The predicted octanol–water partition coefficient (Wildman–Crippen LogP) is 3.04. The third-order valence-corrected chi connectivity index (χ3v) is 7.57. The number of nitrogens with zero attached hydrogens (tertiary/aromatic N) is 3. The maximum absolute atomic E-state index is 13.1. The van der Waals surface area contributed by atoms with E-state index >= 15 is 0 Å². The SMILES string of the molecule is CCOc1ccc(N(CCC#N)C(=O)COC(=O)C2CCCN2S(=O)(=O)c2ccc(C)cc2)cc1. The maximum atomic E-state index is 13.1. The van der Waals surface area contributed by atoms with E-state index in [-0.39, 0.29) is 24.4 Å². The summed E-state index contributed by atoms with van der Waals surface area (Å²) in [7, 11) is -3.88. The summed E-state index contributed by atoms with van der Waals surface area (Å²) in [4.78, 5) is 27.2. The van der Waals surface area contributed by atoms with Gasteiger partial charge in [-0.1, -0.05) is 17.7 Å². The average Bonchev–Trinajstić information content (AvgIpc) is 3.35. The first-order valence-corrected chi connectivity index (χ1v) is 12.9. The van der Waals surface area contributed by atoms with Crippen LogP contribution in [-0.2, 0) is 24.3 Å². The van der Waals surface area contributed by atoms with E-state index in [0.29, 0.717) is 30.9 Å². The second kappa shape index (κ2) is 11.8. The Morgan fingerprint density at radius 2 is 1.83 bits per heavy atom. The van der Waals surface area contributed by atoms with Crippen LogP contribution in [0.4, 0.5) is 5.69 Å². The highest BCUT2D eigenvalue weighted by atomic mass is 32.2. The minimum atomic E-state index is -3.88. The molecule has 0 spiro atoms. The highest BCUT2D eigenvalue weighted by molar-refractivity contribution is 7.89. The molecular formula is C25H29N3O6S. The summed E-state index contributed by atoms with van der Waals surface area (Å²) in [6.45, 7) is 3.98. The number of hydrogen-bond acceptors (Lipinski definition) is 7. The lowest BCUT2D eigenvalue weighted by molar-refractivity contribution is -0.151. The molecule has 1 unspecified atom stereocenters. The number of amides is 1. The number of nitriles is 1. The average molecular weight is 500 g/mol. The first-order chi connectivity index (χ1) is 16.8. The van der Waals surface area contributed by atoms with E-state index in [1.165, 1.54) is 17.0 Å². The third kappa shape index (κ3) is 6.38. The molecule has 0 aliphatic carbocycles. The molecule has 1 fully saturated rings. The summed E-state index contributed by atoms with van der Waals surface area (Å²) in [6.07, 6.45) is 0.923. The van der Waals surface area contributed by atoms with Crippen LogP contribution in [0, 0.1) is 18.3 Å². The Balaban J connectivity index is 1.68. The van der Waals surface area contributed by atoms with Crippen LogP contribution in [0.5, 0.6) is 5.75 Å². The lowest BCUT2D eigenvalue weighted by Gasteiger charge is -2.24. The molecule has 0 aromatic heterocycles. The Bertz CT molecular complexity index is 1170. The van der Waals surface area contributed by atoms with Crippen molar-refractivity contribution in [3.8, 4) is 11.8 Å². The number of anilines is 1. The lowest BCUT2D eigenvalue weighted by atomic mass is 10.2. The van der Waals surface area contributed by atoms with Crippen molar-refractivity contribution in [2.75, 3.05) is 31.2 Å². The molecule has 0 saturated carbocycles. The molecule has 1 saturated heterocycles. The smallest absolute Gasteiger partial charge is 0.324 e. The van der Waals surface area contributed by atoms with Crippen LogP contribution in [0.3, 0.4) is 0 Å². The molecule has 0 bridgehead atoms. The highest BCUT2D eigenvalue weighted by Crippen LogP contribution is 2.27. The molecule has 1 amide bonds. The Labute approximate surface area is 205 Å². The zero-order chi connectivity index (χ0) is 25.4. The van der Waals surface area contributed by atoms with Gasteiger partial charge in [-0.25, -0.2) is 8.42 Å². The van der Waals surface area contributed by atoms with Crippen LogP contribution in [-0.4, -0.2) is 56.9 Å². The highest BCUT2D eigenvalue weighted by Gasteiger charge is 2.40. The van der Waals surface area contributed by atoms with Crippen LogP contribution < -0.4 is 9.64 Å². The topological polar surface area (TPSA) is 117 Å². The number of carbonyl (C=O) groups is 2. The minimum absolute atomic E-state index is 0.0953. The van der Waals surface area contributed by atoms with Crippen LogP contribution in [0.2, 0.25) is 0 Å². The summed E-state index contributed by atoms with van der Waals surface area (Å²) >= 11 is 0. The molecule has 1 atom stereocenters. The Morgan fingerprint density at radius 1 is 1.14 bits per heavy atom. The number of esters is 1. The first-order valence-electron chi connectivity index (χ1n) is 11.4. The van der Waals surface area contributed by atoms with Crippen molar-refractivity contribution in [1.82, 2.24) is 4.31 Å². The molecule has 9 nitrogen and oxygen atoms in total. The Kier molecular flexibility index (Phi) is 8.84. The van der Waals surface area contributed by atoms with Crippen molar-refractivity contribution in [1.29, 1.82) is 5.26 Å². The second-order valence-corrected chi connectivity index (χ2v) is 9.97. The molecule has 1 heterocycles. The molecular weight excluding hydrogens is 470 g/mol. The molecule has 186 valence electrons. The van der Waals surface area contributed by atoms with Crippen LogP contribution in [0.1, 0.15) is 31.7 Å². The van der Waals surface area contributed by atoms with Gasteiger partial charge in [-0.05, 0) is 63.1 Å². The number of hydrogen-bond donors (Lipinski definition) is 0. The van der Waals surface area contributed by atoms with Crippen LogP contribution in [0.15, 0.2) is 53.4 Å². The zero-order valence-electron chi connectivity index (χ0n) is 19.8. The van der Waals surface area contributed by atoms with Crippen molar-refractivity contribution < 1.29 is 27.5 Å². The van der Waals surface area contributed by atoms with Gasteiger partial charge in [0, 0.05) is 18.8 Å². The van der Waals surface area contributed by atoms with Crippen LogP contribution >= 0.6 is 0 Å². The molecule has 0 radical (unpaired) electrons. The molecule has 3 rings (SSSR count). The fourth-order valence-corrected chi connectivity index (χ4v) is 5.51. The molecule has 2 aromatic rings. The normalized spacial score (nSPS) is 15.9. The van der Waals surface area contributed by atoms with E-state index in [1.807, 2.05) is 19.9 Å². The number of aryl methyl sites for hydroxylation is 1. The van der Waals surface area contributed by atoms with Crippen molar-refractivity contribution in [2.24, 2.45) is 0 Å². The number of benzene rings is 2. The summed E-state index contributed by atoms with van der Waals surface area (Å²) < 4.78 is 38.0. The zero-order valence-corrected chi connectivity index (χ0v) is 20.7. The van der Waals surface area contributed by atoms with Crippen LogP contribution in [0.25, 0.3) is 0 Å². The van der Waals surface area contributed by atoms with Gasteiger partial charge in [-0.2, -0.15) is 9.57 Å². The van der Waals surface area contributed by atoms with Gasteiger partial charge in [0.2, 0.25) is 10.0 Å². The lowest BCUT2D eigenvalue weighted by Crippen LogP contribution is -2.43. The number of rotatable bonds is 10. The quantitative estimate of drug-likeness (QED) is 0.461. The van der Waals surface area contributed by atoms with Crippen molar-refractivity contribution in [3.63, 3.8) is 0 Å². The largest absolute Gasteiger partial charge is 0.494 e. The van der Waals surface area contributed by atoms with E-state index in [1.54, 1.807) is 36.4 Å². The van der Waals surface area contributed by atoms with E-state index in [2.05, 4.69) is 0 Å². The van der Waals surface area contributed by atoms with Crippen molar-refractivity contribution in [3.05, 3.63) is 54.1 Å². The fourth-order valence-electron chi connectivity index (χ4n) is 3.86. The molecule has 10 heteroatoms. The summed E-state index contributed by atoms with van der Waals surface area (Å²) in [5, 5.41) is 8.98. The van der Waals surface area contributed by atoms with Gasteiger partial charge in [0.15, 0.2) is 6.61 Å². The first kappa shape index (κ1) is 26.2. The van der Waals surface area contributed by atoms with Gasteiger partial charge in [-0.15, -0.1) is 0 Å². The molecule has 2 aromatic carbocycles. The van der Waals surface area contributed by atoms with Crippen molar-refractivity contribution >= 4 is 27.6 Å². The van der Waals surface area contributed by atoms with Gasteiger partial charge in [0.05, 0.1) is 24.0 Å². The number of ether oxygens (including phenoxy) is 2. The standard InChI is InChI=1S/C25H29N3O6S/c1-3-33-21-11-9-20(10-12-21)27(16-5-15-26)24(29)18-34-25(30)23-6-4-17-28(23)35(31,32)22-13-7-19(2)8-14-22/h7-14,23H,3-6,16-18H2,1-2H3. The number of sulfonamides is 1. The predicted molar refractivity (Wildman–Crippen MR) is 129 cm³/mol. The van der Waals surface area contributed by atoms with Gasteiger partial charge >= 0.3 is 5.97 Å². The third-order valence-electron chi connectivity index (χ3n) is 5.65. The Hall–Kier alpha value is -3.42. The van der Waals surface area contributed by atoms with Gasteiger partial charge in [0.1, 0.15) is 11.8 Å². The summed E-state index contributed by atoms with van der Waals surface area (Å²) in [5.41, 5.74) is 1.46. The fraction of sp³-hybridized carbons (Fsp3) is 0.400. The minimum Gasteiger partial charge on any atom is -0.494 e. The van der Waals surface area contributed by atoms with E-state index < -0.39 is 34.5 Å². The van der Waals surface area contributed by atoms with Gasteiger partial charge < -0.3 is 14.4 Å². The van der Waals surface area contributed by atoms with E-state index in [0.717, 1.165) is 9.87 Å². The summed E-state index contributed by atoms with van der Waals surface area (Å²) in [5.74, 6) is -0.631. The number of carbonyl (C=O) groups excluding carboxylic acids is 2. The monoisotopic (exact) mass is 499 g/mol. The van der Waals surface area contributed by atoms with E-state index in [4.69, 9.17) is 14.7 Å². The maximum Gasteiger partial charge on any atom is 0.324 e. The van der Waals surface area contributed by atoms with Gasteiger partial charge in [0.25, 0.3) is 5.91 Å². The molecule has 1 aliphatic heterocycles.